The molecule has 0 fully saturated rings. The Morgan fingerprint density at radius 1 is 1.12 bits per heavy atom. The molecule has 0 saturated heterocycles. The number of phenolic OH excluding ortho intramolecular Hbond substituents is 1. The molecule has 1 atom stereocenters. The molecule has 1 aromatic rings. The highest BCUT2D eigenvalue weighted by molar-refractivity contribution is 7.98. The fraction of sp³-hybridized carbons (Fsp3) is 0.667. The maximum Gasteiger partial charge on any atom is 0.306 e. The highest BCUT2D eigenvalue weighted by atomic mass is 32.2. The molecule has 0 aliphatic heterocycles. The lowest BCUT2D eigenvalue weighted by Crippen LogP contribution is -2.19. The van der Waals surface area contributed by atoms with Crippen molar-refractivity contribution in [3.8, 4) is 5.75 Å². The maximum atomic E-state index is 12.1. The van der Waals surface area contributed by atoms with E-state index < -0.39 is 0 Å². The molecule has 0 aliphatic rings. The zero-order chi connectivity index (χ0) is 19.4. The average molecular weight is 367 g/mol. The molecule has 0 radical (unpaired) electrons. The molecule has 0 aromatic heterocycles. The van der Waals surface area contributed by atoms with Crippen LogP contribution in [-0.4, -0.2) is 29.2 Å². The minimum atomic E-state index is -0.163. The monoisotopic (exact) mass is 366 g/mol. The average Bonchev–Trinajstić information content (AvgIpc) is 2.43. The number of carbonyl (C=O) groups is 1. The van der Waals surface area contributed by atoms with E-state index in [4.69, 9.17) is 4.74 Å². The Morgan fingerprint density at radius 2 is 1.60 bits per heavy atom. The molecule has 0 aliphatic carbocycles. The second-order valence-electron chi connectivity index (χ2n) is 8.80. The second-order valence-corrected chi connectivity index (χ2v) is 9.71. The number of carbonyl (C=O) groups excluding carboxylic acids is 1. The summed E-state index contributed by atoms with van der Waals surface area (Å²) in [4.78, 5) is 12.1. The fourth-order valence-electron chi connectivity index (χ4n) is 2.78. The zero-order valence-corrected chi connectivity index (χ0v) is 17.8. The Morgan fingerprint density at radius 3 is 2.00 bits per heavy atom. The van der Waals surface area contributed by atoms with Gasteiger partial charge < -0.3 is 9.84 Å². The molecular formula is C21H34O3S. The van der Waals surface area contributed by atoms with Gasteiger partial charge in [0.05, 0.1) is 0 Å². The Hall–Kier alpha value is -1.16. The molecule has 0 heterocycles. The lowest BCUT2D eigenvalue weighted by molar-refractivity contribution is -0.147. The minimum absolute atomic E-state index is 0.0578. The normalized spacial score (nSPS) is 13.6. The van der Waals surface area contributed by atoms with Crippen LogP contribution in [0.15, 0.2) is 12.1 Å². The van der Waals surface area contributed by atoms with Crippen molar-refractivity contribution in [2.45, 2.75) is 78.2 Å². The molecule has 1 N–H and O–H groups in total. The largest absolute Gasteiger partial charge is 0.507 e. The Kier molecular flexibility index (Phi) is 7.42. The van der Waals surface area contributed by atoms with Crippen LogP contribution in [0.3, 0.4) is 0 Å². The van der Waals surface area contributed by atoms with Gasteiger partial charge in [0, 0.05) is 12.2 Å². The van der Waals surface area contributed by atoms with Gasteiger partial charge in [-0.1, -0.05) is 53.7 Å². The number of thioether (sulfide) groups is 1. The first-order valence-electron chi connectivity index (χ1n) is 8.91. The van der Waals surface area contributed by atoms with Crippen LogP contribution in [0.2, 0.25) is 0 Å². The van der Waals surface area contributed by atoms with Crippen molar-refractivity contribution in [3.05, 3.63) is 28.8 Å². The van der Waals surface area contributed by atoms with Crippen molar-refractivity contribution in [2.24, 2.45) is 0 Å². The smallest absolute Gasteiger partial charge is 0.306 e. The van der Waals surface area contributed by atoms with E-state index in [-0.39, 0.29) is 22.9 Å². The summed E-state index contributed by atoms with van der Waals surface area (Å²) in [6.45, 7) is 14.5. The maximum absolute atomic E-state index is 12.1. The molecule has 142 valence electrons. The topological polar surface area (TPSA) is 46.5 Å². The van der Waals surface area contributed by atoms with Crippen LogP contribution in [0.1, 0.15) is 71.6 Å². The number of hydrogen-bond acceptors (Lipinski definition) is 4. The third kappa shape index (κ3) is 6.58. The van der Waals surface area contributed by atoms with Gasteiger partial charge >= 0.3 is 5.97 Å². The number of aryl methyl sites for hydroxylation is 1. The van der Waals surface area contributed by atoms with Gasteiger partial charge in [0.25, 0.3) is 0 Å². The van der Waals surface area contributed by atoms with Crippen molar-refractivity contribution >= 4 is 17.7 Å². The second kappa shape index (κ2) is 8.48. The molecule has 1 rings (SSSR count). The fourth-order valence-corrected chi connectivity index (χ4v) is 3.32. The SMILES string of the molecule is CSCC(C)OC(=O)CCc1cc(C(C)(C)C)c(O)c(C(C)(C)C)c1. The number of esters is 1. The summed E-state index contributed by atoms with van der Waals surface area (Å²) in [5.41, 5.74) is 2.61. The van der Waals surface area contributed by atoms with Gasteiger partial charge in [0.2, 0.25) is 0 Å². The van der Waals surface area contributed by atoms with Crippen molar-refractivity contribution < 1.29 is 14.6 Å². The third-order valence-electron chi connectivity index (χ3n) is 4.14. The van der Waals surface area contributed by atoms with E-state index in [2.05, 4.69) is 41.5 Å². The van der Waals surface area contributed by atoms with Crippen molar-refractivity contribution in [1.82, 2.24) is 0 Å². The van der Waals surface area contributed by atoms with E-state index in [1.807, 2.05) is 25.3 Å². The van der Waals surface area contributed by atoms with Crippen LogP contribution in [0, 0.1) is 0 Å². The van der Waals surface area contributed by atoms with Crippen molar-refractivity contribution in [2.75, 3.05) is 12.0 Å². The minimum Gasteiger partial charge on any atom is -0.507 e. The van der Waals surface area contributed by atoms with Gasteiger partial charge in [-0.2, -0.15) is 11.8 Å². The molecule has 1 aromatic carbocycles. The summed E-state index contributed by atoms with van der Waals surface area (Å²) in [6, 6.07) is 4.06. The van der Waals surface area contributed by atoms with Crippen LogP contribution in [0.4, 0.5) is 0 Å². The molecular weight excluding hydrogens is 332 g/mol. The summed E-state index contributed by atoms with van der Waals surface area (Å²) in [6.07, 6.45) is 2.93. The van der Waals surface area contributed by atoms with Gasteiger partial charge in [-0.3, -0.25) is 4.79 Å². The predicted molar refractivity (Wildman–Crippen MR) is 108 cm³/mol. The van der Waals surface area contributed by atoms with E-state index in [9.17, 15) is 9.90 Å². The lowest BCUT2D eigenvalue weighted by atomic mass is 9.78. The molecule has 0 amide bonds. The first kappa shape index (κ1) is 21.9. The Labute approximate surface area is 157 Å². The van der Waals surface area contributed by atoms with E-state index in [0.29, 0.717) is 18.6 Å². The number of rotatable bonds is 6. The summed E-state index contributed by atoms with van der Waals surface area (Å²) in [5, 5.41) is 10.7. The number of aromatic hydroxyl groups is 1. The van der Waals surface area contributed by atoms with Crippen LogP contribution < -0.4 is 0 Å². The zero-order valence-electron chi connectivity index (χ0n) is 17.0. The summed E-state index contributed by atoms with van der Waals surface area (Å²) >= 11 is 1.67. The predicted octanol–water partition coefficient (Wildman–Crippen LogP) is 5.21. The summed E-state index contributed by atoms with van der Waals surface area (Å²) in [5.74, 6) is 1.02. The Bertz CT molecular complexity index is 559. The number of ether oxygens (including phenoxy) is 1. The third-order valence-corrected chi connectivity index (χ3v) is 4.94. The van der Waals surface area contributed by atoms with Crippen molar-refractivity contribution in [1.29, 1.82) is 0 Å². The van der Waals surface area contributed by atoms with Gasteiger partial charge in [-0.05, 0) is 47.1 Å². The standard InChI is InChI=1S/C21H34O3S/c1-14(13-25-8)24-18(22)10-9-15-11-16(20(2,3)4)19(23)17(12-15)21(5,6)7/h11-12,14,23H,9-10,13H2,1-8H3. The van der Waals surface area contributed by atoms with Crippen LogP contribution >= 0.6 is 11.8 Å². The van der Waals surface area contributed by atoms with Crippen LogP contribution in [-0.2, 0) is 26.8 Å². The van der Waals surface area contributed by atoms with E-state index in [1.54, 1.807) is 11.8 Å². The number of benzene rings is 1. The number of hydrogen-bond donors (Lipinski definition) is 1. The molecule has 4 heteroatoms. The first-order chi connectivity index (χ1) is 11.4. The van der Waals surface area contributed by atoms with Gasteiger partial charge in [0.1, 0.15) is 11.9 Å². The first-order valence-corrected chi connectivity index (χ1v) is 10.3. The highest BCUT2D eigenvalue weighted by Crippen LogP contribution is 2.39. The number of phenols is 1. The highest BCUT2D eigenvalue weighted by Gasteiger charge is 2.26. The van der Waals surface area contributed by atoms with Crippen molar-refractivity contribution in [3.63, 3.8) is 0 Å². The van der Waals surface area contributed by atoms with Gasteiger partial charge in [0.15, 0.2) is 0 Å². The van der Waals surface area contributed by atoms with Crippen LogP contribution in [0.25, 0.3) is 0 Å². The van der Waals surface area contributed by atoms with Gasteiger partial charge in [-0.25, -0.2) is 0 Å². The van der Waals surface area contributed by atoms with E-state index >= 15 is 0 Å². The molecule has 3 nitrogen and oxygen atoms in total. The Balaban J connectivity index is 3.02. The molecule has 1 unspecified atom stereocenters. The molecule has 0 bridgehead atoms. The quantitative estimate of drug-likeness (QED) is 0.702. The van der Waals surface area contributed by atoms with Crippen LogP contribution in [0.5, 0.6) is 5.75 Å². The van der Waals surface area contributed by atoms with Gasteiger partial charge in [-0.15, -0.1) is 0 Å². The molecule has 25 heavy (non-hydrogen) atoms. The molecule has 0 saturated carbocycles. The summed E-state index contributed by atoms with van der Waals surface area (Å²) < 4.78 is 5.42. The lowest BCUT2D eigenvalue weighted by Gasteiger charge is -2.28. The van der Waals surface area contributed by atoms with E-state index in [0.717, 1.165) is 22.4 Å². The van der Waals surface area contributed by atoms with E-state index in [1.165, 1.54) is 0 Å². The summed E-state index contributed by atoms with van der Waals surface area (Å²) in [7, 11) is 0. The molecule has 0 spiro atoms.